The fourth-order valence-corrected chi connectivity index (χ4v) is 4.26. The summed E-state index contributed by atoms with van der Waals surface area (Å²) >= 11 is 0. The first-order chi connectivity index (χ1) is 17.1. The van der Waals surface area contributed by atoms with E-state index in [0.717, 1.165) is 12.1 Å². The molecule has 0 unspecified atom stereocenters. The van der Waals surface area contributed by atoms with Crippen molar-refractivity contribution in [1.29, 1.82) is 0 Å². The van der Waals surface area contributed by atoms with Crippen molar-refractivity contribution in [2.45, 2.75) is 11.1 Å². The van der Waals surface area contributed by atoms with Crippen LogP contribution in [0, 0.1) is 0 Å². The van der Waals surface area contributed by atoms with Gasteiger partial charge in [-0.25, -0.2) is 0 Å². The van der Waals surface area contributed by atoms with Crippen LogP contribution >= 0.6 is 0 Å². The van der Waals surface area contributed by atoms with Gasteiger partial charge in [-0.1, -0.05) is 59.8 Å². The van der Waals surface area contributed by atoms with Crippen molar-refractivity contribution in [2.75, 3.05) is 7.11 Å². The van der Waals surface area contributed by atoms with Crippen LogP contribution in [0.4, 0.5) is 13.2 Å². The van der Waals surface area contributed by atoms with Crippen molar-refractivity contribution in [3.05, 3.63) is 108 Å². The molecular weight excluding hydrogens is 495 g/mol. The Morgan fingerprint density at radius 1 is 0.806 bits per heavy atom. The maximum absolute atomic E-state index is 13.6. The number of nitrogens with zero attached hydrogens (tertiary/aromatic N) is 1. The van der Waals surface area contributed by atoms with Gasteiger partial charge in [0.05, 0.1) is 12.7 Å². The molecule has 0 atom stereocenters. The summed E-state index contributed by atoms with van der Waals surface area (Å²) in [6.45, 7) is 0. The molecule has 0 heterocycles. The maximum Gasteiger partial charge on any atom is 0.416 e. The van der Waals surface area contributed by atoms with Crippen molar-refractivity contribution >= 4 is 32.4 Å². The van der Waals surface area contributed by atoms with E-state index in [1.807, 2.05) is 0 Å². The molecule has 6 nitrogen and oxygen atoms in total. The summed E-state index contributed by atoms with van der Waals surface area (Å²) in [6.07, 6.45) is -4.63. The molecule has 4 aromatic rings. The first-order valence-corrected chi connectivity index (χ1v) is 11.9. The zero-order chi connectivity index (χ0) is 25.9. The summed E-state index contributed by atoms with van der Waals surface area (Å²) in [4.78, 5) is 13.0. The van der Waals surface area contributed by atoms with Gasteiger partial charge in [0.1, 0.15) is 10.6 Å². The van der Waals surface area contributed by atoms with Gasteiger partial charge in [0.15, 0.2) is 5.71 Å². The van der Waals surface area contributed by atoms with E-state index < -0.39 is 32.5 Å². The zero-order valence-electron chi connectivity index (χ0n) is 18.7. The molecular formula is C26H18F3NO5S. The van der Waals surface area contributed by atoms with Crippen LogP contribution in [0.3, 0.4) is 0 Å². The van der Waals surface area contributed by atoms with Gasteiger partial charge in [-0.2, -0.15) is 21.6 Å². The molecule has 0 saturated heterocycles. The lowest BCUT2D eigenvalue weighted by molar-refractivity contribution is -0.137. The van der Waals surface area contributed by atoms with Crippen LogP contribution in [0.25, 0.3) is 10.8 Å². The van der Waals surface area contributed by atoms with Crippen LogP contribution in [0.15, 0.2) is 101 Å². The van der Waals surface area contributed by atoms with E-state index in [0.29, 0.717) is 28.7 Å². The molecule has 4 aromatic carbocycles. The normalized spacial score (nSPS) is 12.4. The molecule has 0 aliphatic carbocycles. The number of fused-ring (bicyclic) bond motifs is 1. The number of ether oxygens (including phenoxy) is 1. The van der Waals surface area contributed by atoms with E-state index in [-0.39, 0.29) is 16.8 Å². The summed E-state index contributed by atoms with van der Waals surface area (Å²) in [5.41, 5.74) is -0.813. The molecule has 0 aliphatic heterocycles. The molecule has 0 radical (unpaired) electrons. The number of hydrogen-bond donors (Lipinski definition) is 0. The fraction of sp³-hybridized carbons (Fsp3) is 0.0769. The van der Waals surface area contributed by atoms with Gasteiger partial charge in [0.25, 0.3) is 0 Å². The van der Waals surface area contributed by atoms with Crippen LogP contribution in [0.5, 0.6) is 5.75 Å². The molecule has 36 heavy (non-hydrogen) atoms. The van der Waals surface area contributed by atoms with Crippen LogP contribution in [-0.2, 0) is 20.6 Å². The Hall–Kier alpha value is -4.18. The Morgan fingerprint density at radius 2 is 1.42 bits per heavy atom. The molecule has 0 saturated carbocycles. The van der Waals surface area contributed by atoms with Gasteiger partial charge in [0.2, 0.25) is 5.78 Å². The summed E-state index contributed by atoms with van der Waals surface area (Å²) in [5, 5.41) is 4.88. The molecule has 4 rings (SSSR count). The summed E-state index contributed by atoms with van der Waals surface area (Å²) in [5.74, 6) is -0.0795. The molecule has 0 amide bonds. The van der Waals surface area contributed by atoms with Gasteiger partial charge in [0, 0.05) is 16.5 Å². The van der Waals surface area contributed by atoms with Gasteiger partial charge in [-0.3, -0.25) is 9.08 Å². The zero-order valence-corrected chi connectivity index (χ0v) is 19.5. The molecule has 0 spiro atoms. The highest BCUT2D eigenvalue weighted by atomic mass is 32.2. The lowest BCUT2D eigenvalue weighted by Crippen LogP contribution is -2.18. The molecule has 10 heteroatoms. The summed E-state index contributed by atoms with van der Waals surface area (Å²) in [6, 6.07) is 21.0. The van der Waals surface area contributed by atoms with Gasteiger partial charge >= 0.3 is 16.3 Å². The third-order valence-corrected chi connectivity index (χ3v) is 6.43. The molecule has 0 aromatic heterocycles. The minimum Gasteiger partial charge on any atom is -0.496 e. The number of Topliss-reactive ketones (excluding diaryl/α,β-unsaturated/α-hetero) is 1. The minimum atomic E-state index is -4.63. The number of methoxy groups -OCH3 is 1. The Morgan fingerprint density at radius 3 is 2.03 bits per heavy atom. The van der Waals surface area contributed by atoms with E-state index in [9.17, 15) is 26.4 Å². The van der Waals surface area contributed by atoms with Crippen molar-refractivity contribution in [2.24, 2.45) is 5.16 Å². The second kappa shape index (κ2) is 9.82. The number of hydrogen-bond acceptors (Lipinski definition) is 6. The van der Waals surface area contributed by atoms with Crippen molar-refractivity contribution in [3.8, 4) is 5.75 Å². The third-order valence-electron chi connectivity index (χ3n) is 5.31. The lowest BCUT2D eigenvalue weighted by Gasteiger charge is -2.11. The fourth-order valence-electron chi connectivity index (χ4n) is 3.54. The van der Waals surface area contributed by atoms with Crippen LogP contribution in [-0.4, -0.2) is 27.0 Å². The Bertz CT molecular complexity index is 1550. The second-order valence-corrected chi connectivity index (χ2v) is 9.08. The van der Waals surface area contributed by atoms with Crippen LogP contribution < -0.4 is 4.74 Å². The molecule has 0 fully saturated rings. The number of ketones is 1. The first kappa shape index (κ1) is 24.9. The number of halogens is 3. The number of rotatable bonds is 7. The highest BCUT2D eigenvalue weighted by Gasteiger charge is 2.31. The third kappa shape index (κ3) is 5.08. The number of carbonyl (C=O) groups is 1. The number of oxime groups is 1. The molecule has 184 valence electrons. The average Bonchev–Trinajstić information content (AvgIpc) is 2.88. The molecule has 0 N–H and O–H groups in total. The van der Waals surface area contributed by atoms with Crippen molar-refractivity contribution in [1.82, 2.24) is 0 Å². The minimum absolute atomic E-state index is 0.226. The van der Waals surface area contributed by atoms with Crippen LogP contribution in [0.2, 0.25) is 0 Å². The predicted molar refractivity (Wildman–Crippen MR) is 128 cm³/mol. The number of carbonyl (C=O) groups excluding carboxylic acids is 1. The van der Waals surface area contributed by atoms with Crippen molar-refractivity contribution < 1.29 is 35.4 Å². The van der Waals surface area contributed by atoms with E-state index in [4.69, 9.17) is 9.02 Å². The Labute approximate surface area is 204 Å². The van der Waals surface area contributed by atoms with E-state index in [2.05, 4.69) is 5.16 Å². The molecule has 0 bridgehead atoms. The second-order valence-electron chi connectivity index (χ2n) is 7.55. The van der Waals surface area contributed by atoms with Gasteiger partial charge in [-0.05, 0) is 41.8 Å². The highest BCUT2D eigenvalue weighted by molar-refractivity contribution is 7.86. The van der Waals surface area contributed by atoms with E-state index >= 15 is 0 Å². The monoisotopic (exact) mass is 513 g/mol. The number of benzene rings is 4. The van der Waals surface area contributed by atoms with Gasteiger partial charge in [-0.15, -0.1) is 0 Å². The van der Waals surface area contributed by atoms with E-state index in [1.54, 1.807) is 60.7 Å². The quantitative estimate of drug-likeness (QED) is 0.176. The summed E-state index contributed by atoms with van der Waals surface area (Å²) in [7, 11) is -3.12. The topological polar surface area (TPSA) is 82.0 Å². The predicted octanol–water partition coefficient (Wildman–Crippen LogP) is 5.86. The molecule has 0 aliphatic rings. The van der Waals surface area contributed by atoms with E-state index in [1.165, 1.54) is 13.2 Å². The highest BCUT2D eigenvalue weighted by Crippen LogP contribution is 2.31. The SMILES string of the molecule is COc1ccc(C(=O)/C(=N/OS(=O)(=O)c2ccc(C(F)(F)F)cc2)c2ccccc2)c2ccccc12. The first-order valence-electron chi connectivity index (χ1n) is 10.5. The largest absolute Gasteiger partial charge is 0.496 e. The standard InChI is InChI=1S/C26H18F3NO5S/c1-34-23-16-15-22(20-9-5-6-10-21(20)23)25(31)24(17-7-3-2-4-8-17)30-35-36(32,33)19-13-11-18(12-14-19)26(27,28)29/h2-16H,1H3/b30-24+. The number of alkyl halides is 3. The lowest BCUT2D eigenvalue weighted by atomic mass is 9.95. The van der Waals surface area contributed by atoms with Gasteiger partial charge < -0.3 is 4.74 Å². The Kier molecular flexibility index (Phi) is 6.80. The maximum atomic E-state index is 13.6. The summed E-state index contributed by atoms with van der Waals surface area (Å²) < 4.78 is 73.9. The van der Waals surface area contributed by atoms with Crippen LogP contribution in [0.1, 0.15) is 21.5 Å². The smallest absolute Gasteiger partial charge is 0.416 e. The van der Waals surface area contributed by atoms with Crippen molar-refractivity contribution in [3.63, 3.8) is 0 Å². The Balaban J connectivity index is 1.76. The average molecular weight is 513 g/mol.